The second-order valence-electron chi connectivity index (χ2n) is 9.01. The number of benzene rings is 2. The molecular formula is C27H30N8OS. The van der Waals surface area contributed by atoms with E-state index < -0.39 is 0 Å². The number of thiazole rings is 1. The third-order valence-electron chi connectivity index (χ3n) is 6.31. The normalized spacial score (nSPS) is 13.8. The van der Waals surface area contributed by atoms with E-state index in [2.05, 4.69) is 30.8 Å². The van der Waals surface area contributed by atoms with Crippen LogP contribution in [0.2, 0.25) is 0 Å². The van der Waals surface area contributed by atoms with Gasteiger partial charge in [0.05, 0.1) is 5.69 Å². The van der Waals surface area contributed by atoms with Crippen LogP contribution in [0.5, 0.6) is 0 Å². The van der Waals surface area contributed by atoms with Gasteiger partial charge in [0.25, 0.3) is 0 Å². The molecule has 4 aromatic rings. The minimum atomic E-state index is -0.289. The molecule has 5 rings (SSSR count). The van der Waals surface area contributed by atoms with Crippen molar-refractivity contribution in [2.45, 2.75) is 19.8 Å². The summed E-state index contributed by atoms with van der Waals surface area (Å²) >= 11 is 1.52. The number of urea groups is 1. The van der Waals surface area contributed by atoms with Crippen LogP contribution in [0.4, 0.5) is 32.9 Å². The van der Waals surface area contributed by atoms with Crippen LogP contribution < -0.4 is 26.6 Å². The summed E-state index contributed by atoms with van der Waals surface area (Å²) in [6.45, 7) is 4.57. The van der Waals surface area contributed by atoms with Gasteiger partial charge in [0, 0.05) is 41.5 Å². The Balaban J connectivity index is 1.21. The Morgan fingerprint density at radius 1 is 1.00 bits per heavy atom. The highest BCUT2D eigenvalue weighted by Gasteiger charge is 2.20. The Morgan fingerprint density at radius 3 is 2.41 bits per heavy atom. The van der Waals surface area contributed by atoms with Crippen molar-refractivity contribution in [1.29, 1.82) is 0 Å². The van der Waals surface area contributed by atoms with Crippen molar-refractivity contribution in [3.8, 4) is 11.3 Å². The predicted molar refractivity (Wildman–Crippen MR) is 151 cm³/mol. The molecule has 9 nitrogen and oxygen atoms in total. The van der Waals surface area contributed by atoms with Gasteiger partial charge < -0.3 is 26.6 Å². The van der Waals surface area contributed by atoms with E-state index in [1.165, 1.54) is 11.3 Å². The van der Waals surface area contributed by atoms with Gasteiger partial charge >= 0.3 is 6.03 Å². The first-order valence-electron chi connectivity index (χ1n) is 12.3. The Bertz CT molecular complexity index is 1330. The minimum absolute atomic E-state index is 0.289. The van der Waals surface area contributed by atoms with E-state index >= 15 is 0 Å². The first kappa shape index (κ1) is 24.7. The second-order valence-corrected chi connectivity index (χ2v) is 9.87. The summed E-state index contributed by atoms with van der Waals surface area (Å²) in [6.07, 6.45) is 2.17. The molecule has 0 bridgehead atoms. The average Bonchev–Trinajstić information content (AvgIpc) is 3.37. The summed E-state index contributed by atoms with van der Waals surface area (Å²) in [5.74, 6) is 2.98. The van der Waals surface area contributed by atoms with Crippen molar-refractivity contribution in [2.75, 3.05) is 40.5 Å². The fourth-order valence-corrected chi connectivity index (χ4v) is 5.01. The lowest BCUT2D eigenvalue weighted by atomic mass is 9.97. The summed E-state index contributed by atoms with van der Waals surface area (Å²) in [5.41, 5.74) is 9.08. The highest BCUT2D eigenvalue weighted by Crippen LogP contribution is 2.29. The first-order valence-corrected chi connectivity index (χ1v) is 13.2. The van der Waals surface area contributed by atoms with Gasteiger partial charge in [-0.2, -0.15) is 0 Å². The Morgan fingerprint density at radius 2 is 1.70 bits per heavy atom. The number of carbonyl (C=O) groups excluding carboxylic acids is 1. The SMILES string of the molecule is Cc1nc(Nc2nc(-c3ccc(NC(=O)Nc4ccccc4)cc3)cs2)cc(N2CCC(CN)CC2)n1. The Labute approximate surface area is 220 Å². The highest BCUT2D eigenvalue weighted by molar-refractivity contribution is 7.14. The van der Waals surface area contributed by atoms with Crippen LogP contribution in [-0.2, 0) is 0 Å². The lowest BCUT2D eigenvalue weighted by Crippen LogP contribution is -2.36. The molecule has 1 aliphatic rings. The first-order chi connectivity index (χ1) is 18.1. The van der Waals surface area contributed by atoms with E-state index in [0.717, 1.165) is 72.0 Å². The van der Waals surface area contributed by atoms with Crippen LogP contribution in [0.3, 0.4) is 0 Å². The number of anilines is 5. The van der Waals surface area contributed by atoms with E-state index in [9.17, 15) is 4.79 Å². The molecule has 1 fully saturated rings. The van der Waals surface area contributed by atoms with Crippen LogP contribution in [0.25, 0.3) is 11.3 Å². The molecule has 0 saturated carbocycles. The number of aryl methyl sites for hydroxylation is 1. The van der Waals surface area contributed by atoms with Gasteiger partial charge in [0.15, 0.2) is 5.13 Å². The molecular weight excluding hydrogens is 484 g/mol. The number of nitrogens with zero attached hydrogens (tertiary/aromatic N) is 4. The zero-order chi connectivity index (χ0) is 25.6. The lowest BCUT2D eigenvalue weighted by molar-refractivity contribution is 0.262. The van der Waals surface area contributed by atoms with E-state index in [1.54, 1.807) is 0 Å². The number of para-hydroxylation sites is 1. The molecule has 0 spiro atoms. The number of nitrogens with two attached hydrogens (primary N) is 1. The quantitative estimate of drug-likeness (QED) is 0.258. The molecule has 0 aliphatic carbocycles. The number of hydrogen-bond donors (Lipinski definition) is 4. The molecule has 190 valence electrons. The number of amides is 2. The highest BCUT2D eigenvalue weighted by atomic mass is 32.1. The molecule has 1 aliphatic heterocycles. The topological polar surface area (TPSA) is 121 Å². The molecule has 3 heterocycles. The van der Waals surface area contributed by atoms with Gasteiger partial charge in [0.1, 0.15) is 17.5 Å². The van der Waals surface area contributed by atoms with Crippen molar-refractivity contribution in [3.05, 3.63) is 71.9 Å². The number of aromatic nitrogens is 3. The summed E-state index contributed by atoms with van der Waals surface area (Å²) in [7, 11) is 0. The van der Waals surface area contributed by atoms with E-state index in [4.69, 9.17) is 10.7 Å². The predicted octanol–water partition coefficient (Wildman–Crippen LogP) is 5.47. The maximum Gasteiger partial charge on any atom is 0.323 e. The molecule has 5 N–H and O–H groups in total. The maximum atomic E-state index is 12.2. The van der Waals surface area contributed by atoms with Crippen molar-refractivity contribution in [2.24, 2.45) is 11.7 Å². The Hall–Kier alpha value is -4.02. The van der Waals surface area contributed by atoms with Crippen molar-refractivity contribution in [3.63, 3.8) is 0 Å². The summed E-state index contributed by atoms with van der Waals surface area (Å²) in [6, 6.07) is 18.6. The monoisotopic (exact) mass is 514 g/mol. The molecule has 2 amide bonds. The number of hydrogen-bond acceptors (Lipinski definition) is 8. The van der Waals surface area contributed by atoms with Crippen LogP contribution in [0, 0.1) is 12.8 Å². The average molecular weight is 515 g/mol. The molecule has 10 heteroatoms. The zero-order valence-corrected chi connectivity index (χ0v) is 21.5. The number of nitrogens with one attached hydrogen (secondary N) is 3. The standard InChI is InChI=1S/C27H30N8OS/c1-18-29-24(15-25(30-18)35-13-11-19(16-28)12-14-35)34-27-33-23(17-37-27)20-7-9-22(10-8-20)32-26(36)31-21-5-3-2-4-6-21/h2-10,15,17,19H,11-14,16,28H2,1H3,(H2,31,32,36)(H,29,30,33,34). The number of piperidine rings is 1. The fraction of sp³-hybridized carbons (Fsp3) is 0.259. The summed E-state index contributed by atoms with van der Waals surface area (Å²) in [5, 5.41) is 11.7. The number of rotatable bonds is 7. The van der Waals surface area contributed by atoms with Gasteiger partial charge in [-0.15, -0.1) is 11.3 Å². The van der Waals surface area contributed by atoms with E-state index in [0.29, 0.717) is 11.6 Å². The summed E-state index contributed by atoms with van der Waals surface area (Å²) < 4.78 is 0. The van der Waals surface area contributed by atoms with Crippen LogP contribution in [0.15, 0.2) is 66.0 Å². The molecule has 1 saturated heterocycles. The second kappa shape index (κ2) is 11.4. The molecule has 0 atom stereocenters. The smallest absolute Gasteiger partial charge is 0.323 e. The lowest BCUT2D eigenvalue weighted by Gasteiger charge is -2.32. The largest absolute Gasteiger partial charge is 0.356 e. The maximum absolute atomic E-state index is 12.2. The van der Waals surface area contributed by atoms with Crippen molar-refractivity contribution >= 4 is 45.5 Å². The molecule has 0 radical (unpaired) electrons. The summed E-state index contributed by atoms with van der Waals surface area (Å²) in [4.78, 5) is 28.5. The third-order valence-corrected chi connectivity index (χ3v) is 7.06. The Kier molecular flexibility index (Phi) is 7.57. The van der Waals surface area contributed by atoms with Crippen LogP contribution >= 0.6 is 11.3 Å². The van der Waals surface area contributed by atoms with Crippen molar-refractivity contribution < 1.29 is 4.79 Å². The van der Waals surface area contributed by atoms with Gasteiger partial charge in [0.2, 0.25) is 0 Å². The molecule has 2 aromatic heterocycles. The minimum Gasteiger partial charge on any atom is -0.356 e. The number of carbonyl (C=O) groups is 1. The van der Waals surface area contributed by atoms with E-state index in [1.807, 2.05) is 73.0 Å². The third kappa shape index (κ3) is 6.41. The van der Waals surface area contributed by atoms with E-state index in [-0.39, 0.29) is 6.03 Å². The fourth-order valence-electron chi connectivity index (χ4n) is 4.29. The van der Waals surface area contributed by atoms with Gasteiger partial charge in [-0.25, -0.2) is 19.7 Å². The van der Waals surface area contributed by atoms with Crippen molar-refractivity contribution in [1.82, 2.24) is 15.0 Å². The zero-order valence-electron chi connectivity index (χ0n) is 20.6. The van der Waals surface area contributed by atoms with Gasteiger partial charge in [-0.1, -0.05) is 30.3 Å². The molecule has 37 heavy (non-hydrogen) atoms. The molecule has 2 aromatic carbocycles. The molecule has 0 unspecified atom stereocenters. The van der Waals surface area contributed by atoms with Crippen LogP contribution in [0.1, 0.15) is 18.7 Å². The van der Waals surface area contributed by atoms with Gasteiger partial charge in [-0.3, -0.25) is 0 Å². The van der Waals surface area contributed by atoms with Gasteiger partial charge in [-0.05, 0) is 56.5 Å². The van der Waals surface area contributed by atoms with Crippen LogP contribution in [-0.4, -0.2) is 40.6 Å².